The summed E-state index contributed by atoms with van der Waals surface area (Å²) in [5.41, 5.74) is 3.51. The number of aryl methyl sites for hydroxylation is 2. The summed E-state index contributed by atoms with van der Waals surface area (Å²) < 4.78 is 29.1. The Morgan fingerprint density at radius 1 is 1.28 bits per heavy atom. The highest BCUT2D eigenvalue weighted by Gasteiger charge is 2.17. The number of benzene rings is 1. The summed E-state index contributed by atoms with van der Waals surface area (Å²) >= 11 is 1.65. The molecule has 6 nitrogen and oxygen atoms in total. The Kier molecular flexibility index (Phi) is 6.54. The van der Waals surface area contributed by atoms with Crippen LogP contribution >= 0.6 is 11.3 Å². The zero-order chi connectivity index (χ0) is 21.0. The zero-order valence-corrected chi connectivity index (χ0v) is 18.4. The van der Waals surface area contributed by atoms with Crippen molar-refractivity contribution >= 4 is 43.4 Å². The number of amides is 1. The molecule has 2 aromatic heterocycles. The van der Waals surface area contributed by atoms with Crippen molar-refractivity contribution in [2.24, 2.45) is 7.05 Å². The van der Waals surface area contributed by atoms with Crippen molar-refractivity contribution in [2.75, 3.05) is 5.75 Å². The average molecular weight is 432 g/mol. The molecule has 1 N–H and O–H groups in total. The fourth-order valence-electron chi connectivity index (χ4n) is 3.29. The monoisotopic (exact) mass is 431 g/mol. The molecule has 0 bridgehead atoms. The van der Waals surface area contributed by atoms with Crippen LogP contribution in [-0.2, 0) is 21.9 Å². The molecule has 0 atom stereocenters. The third-order valence-electron chi connectivity index (χ3n) is 4.68. The lowest BCUT2D eigenvalue weighted by atomic mass is 10.0. The average Bonchev–Trinajstić information content (AvgIpc) is 3.19. The lowest BCUT2D eigenvalue weighted by Crippen LogP contribution is -2.31. The summed E-state index contributed by atoms with van der Waals surface area (Å²) in [6.07, 6.45) is 5.18. The molecule has 0 radical (unpaired) electrons. The Hall–Kier alpha value is -2.45. The molecule has 0 saturated carbocycles. The number of aromatic nitrogens is 2. The number of carbonyl (C=O) groups excluding carboxylic acids is 1. The highest BCUT2D eigenvalue weighted by Crippen LogP contribution is 2.36. The van der Waals surface area contributed by atoms with E-state index in [0.29, 0.717) is 6.42 Å². The van der Waals surface area contributed by atoms with Gasteiger partial charge in [0, 0.05) is 39.7 Å². The first-order chi connectivity index (χ1) is 13.8. The van der Waals surface area contributed by atoms with E-state index in [0.717, 1.165) is 40.7 Å². The first kappa shape index (κ1) is 21.3. The van der Waals surface area contributed by atoms with Crippen LogP contribution in [0.15, 0.2) is 35.7 Å². The van der Waals surface area contributed by atoms with Crippen molar-refractivity contribution in [3.05, 3.63) is 47.0 Å². The molecular weight excluding hydrogens is 406 g/mol. The molecule has 0 aliphatic heterocycles. The smallest absolute Gasteiger partial charge is 0.257 e. The van der Waals surface area contributed by atoms with Gasteiger partial charge in [-0.15, -0.1) is 11.3 Å². The van der Waals surface area contributed by atoms with Crippen molar-refractivity contribution in [1.29, 1.82) is 0 Å². The normalized spacial score (nSPS) is 12.1. The van der Waals surface area contributed by atoms with Crippen LogP contribution in [-0.4, -0.2) is 29.9 Å². The maximum Gasteiger partial charge on any atom is 0.257 e. The maximum absolute atomic E-state index is 12.2. The molecule has 154 valence electrons. The van der Waals surface area contributed by atoms with E-state index in [2.05, 4.69) is 27.3 Å². The number of hydrogen-bond donors (Lipinski definition) is 1. The van der Waals surface area contributed by atoms with Gasteiger partial charge in [-0.2, -0.15) is 5.10 Å². The Bertz CT molecular complexity index is 1160. The molecular formula is C21H25N3O3S2. The number of nitrogens with zero attached hydrogens (tertiary/aromatic N) is 2. The van der Waals surface area contributed by atoms with Gasteiger partial charge in [-0.3, -0.25) is 9.48 Å². The van der Waals surface area contributed by atoms with E-state index in [1.807, 2.05) is 33.0 Å². The Morgan fingerprint density at radius 2 is 2.03 bits per heavy atom. The summed E-state index contributed by atoms with van der Waals surface area (Å²) in [4.78, 5) is 12.2. The predicted octanol–water partition coefficient (Wildman–Crippen LogP) is 4.26. The number of thiophene rings is 1. The highest BCUT2D eigenvalue weighted by atomic mass is 32.2. The predicted molar refractivity (Wildman–Crippen MR) is 119 cm³/mol. The van der Waals surface area contributed by atoms with Gasteiger partial charge in [-0.25, -0.2) is 13.1 Å². The van der Waals surface area contributed by atoms with Crippen LogP contribution in [0.5, 0.6) is 0 Å². The van der Waals surface area contributed by atoms with Crippen LogP contribution in [0.1, 0.15) is 37.4 Å². The van der Waals surface area contributed by atoms with Gasteiger partial charge in [0.2, 0.25) is 10.0 Å². The van der Waals surface area contributed by atoms with E-state index in [-0.39, 0.29) is 5.75 Å². The highest BCUT2D eigenvalue weighted by molar-refractivity contribution is 7.90. The second kappa shape index (κ2) is 8.92. The number of rotatable bonds is 8. The summed E-state index contributed by atoms with van der Waals surface area (Å²) in [6.45, 7) is 3.87. The van der Waals surface area contributed by atoms with Crippen LogP contribution in [0.4, 0.5) is 0 Å². The standard InChI is InChI=1S/C21H25N3O3S2/c1-4-5-8-13-29(26,27)23-20(25)12-11-16-15(2)22-24(3)21(16)18-14-28-19-10-7-6-9-17(18)19/h6-7,9-12,14H,4-5,8,13H2,1-3H3,(H,23,25)/b12-11+. The molecule has 3 rings (SSSR count). The molecule has 29 heavy (non-hydrogen) atoms. The molecule has 0 saturated heterocycles. The van der Waals surface area contributed by atoms with Crippen molar-refractivity contribution < 1.29 is 13.2 Å². The molecule has 0 aliphatic carbocycles. The van der Waals surface area contributed by atoms with Gasteiger partial charge in [0.15, 0.2) is 0 Å². The first-order valence-electron chi connectivity index (χ1n) is 9.55. The SMILES string of the molecule is CCCCCS(=O)(=O)NC(=O)/C=C/c1c(C)nn(C)c1-c1csc2ccccc12. The summed E-state index contributed by atoms with van der Waals surface area (Å²) in [7, 11) is -1.75. The van der Waals surface area contributed by atoms with E-state index in [1.54, 1.807) is 22.1 Å². The Labute approximate surface area is 175 Å². The Balaban J connectivity index is 1.86. The molecule has 3 aromatic rings. The first-order valence-corrected chi connectivity index (χ1v) is 12.1. The van der Waals surface area contributed by atoms with Gasteiger partial charge in [-0.1, -0.05) is 38.0 Å². The second-order valence-corrected chi connectivity index (χ2v) is 9.70. The number of unbranched alkanes of at least 4 members (excludes halogenated alkanes) is 2. The molecule has 0 spiro atoms. The molecule has 0 aliphatic rings. The van der Waals surface area contributed by atoms with Gasteiger partial charge in [-0.05, 0) is 25.5 Å². The number of sulfonamides is 1. The zero-order valence-electron chi connectivity index (χ0n) is 16.8. The molecule has 0 unspecified atom stereocenters. The minimum atomic E-state index is -3.61. The van der Waals surface area contributed by atoms with Crippen molar-refractivity contribution in [3.63, 3.8) is 0 Å². The molecule has 0 fully saturated rings. The number of hydrogen-bond acceptors (Lipinski definition) is 5. The fourth-order valence-corrected chi connectivity index (χ4v) is 5.30. The van der Waals surface area contributed by atoms with Crippen molar-refractivity contribution in [1.82, 2.24) is 14.5 Å². The number of nitrogens with one attached hydrogen (secondary N) is 1. The second-order valence-electron chi connectivity index (χ2n) is 6.94. The van der Waals surface area contributed by atoms with Gasteiger partial charge in [0.25, 0.3) is 5.91 Å². The maximum atomic E-state index is 12.2. The molecule has 8 heteroatoms. The van der Waals surface area contributed by atoms with Crippen LogP contribution in [0.25, 0.3) is 27.4 Å². The van der Waals surface area contributed by atoms with Crippen molar-refractivity contribution in [2.45, 2.75) is 33.1 Å². The van der Waals surface area contributed by atoms with Crippen molar-refractivity contribution in [3.8, 4) is 11.3 Å². The van der Waals surface area contributed by atoms with Gasteiger partial charge < -0.3 is 0 Å². The van der Waals surface area contributed by atoms with E-state index in [1.165, 1.54) is 10.8 Å². The van der Waals surface area contributed by atoms with Gasteiger partial charge >= 0.3 is 0 Å². The third kappa shape index (κ3) is 4.94. The quantitative estimate of drug-likeness (QED) is 0.427. The van der Waals surface area contributed by atoms with E-state index >= 15 is 0 Å². The van der Waals surface area contributed by atoms with Crippen LogP contribution in [0.2, 0.25) is 0 Å². The molecule has 1 aromatic carbocycles. The Morgan fingerprint density at radius 3 is 2.79 bits per heavy atom. The molecule has 2 heterocycles. The van der Waals surface area contributed by atoms with Crippen LogP contribution in [0.3, 0.4) is 0 Å². The van der Waals surface area contributed by atoms with E-state index in [4.69, 9.17) is 0 Å². The number of fused-ring (bicyclic) bond motifs is 1. The fraction of sp³-hybridized carbons (Fsp3) is 0.333. The summed E-state index contributed by atoms with van der Waals surface area (Å²) in [5, 5.41) is 7.70. The van der Waals surface area contributed by atoms with Gasteiger partial charge in [0.05, 0.1) is 17.1 Å². The lowest BCUT2D eigenvalue weighted by Gasteiger charge is -2.05. The van der Waals surface area contributed by atoms with Gasteiger partial charge in [0.1, 0.15) is 0 Å². The minimum Gasteiger partial charge on any atom is -0.269 e. The number of carbonyl (C=O) groups is 1. The molecule has 1 amide bonds. The third-order valence-corrected chi connectivity index (χ3v) is 6.98. The largest absolute Gasteiger partial charge is 0.269 e. The van der Waals surface area contributed by atoms with E-state index in [9.17, 15) is 13.2 Å². The van der Waals surface area contributed by atoms with Crippen LogP contribution in [0, 0.1) is 6.92 Å². The lowest BCUT2D eigenvalue weighted by molar-refractivity contribution is -0.114. The summed E-state index contributed by atoms with van der Waals surface area (Å²) in [6, 6.07) is 8.13. The van der Waals surface area contributed by atoms with Crippen LogP contribution < -0.4 is 4.72 Å². The topological polar surface area (TPSA) is 81.1 Å². The minimum absolute atomic E-state index is 0.0432. The van der Waals surface area contributed by atoms with E-state index < -0.39 is 15.9 Å². The summed E-state index contributed by atoms with van der Waals surface area (Å²) in [5.74, 6) is -0.691.